The first-order chi connectivity index (χ1) is 12.0. The average Bonchev–Trinajstić information content (AvgIpc) is 2.63. The Morgan fingerprint density at radius 2 is 1.81 bits per heavy atom. The van der Waals surface area contributed by atoms with E-state index in [-0.39, 0.29) is 29.6 Å². The van der Waals surface area contributed by atoms with Crippen molar-refractivity contribution in [3.8, 4) is 5.75 Å². The summed E-state index contributed by atoms with van der Waals surface area (Å²) in [6.07, 6.45) is 0.911. The van der Waals surface area contributed by atoms with Gasteiger partial charge in [-0.05, 0) is 44.9 Å². The molecule has 7 heteroatoms. The van der Waals surface area contributed by atoms with Crippen LogP contribution >= 0.6 is 24.0 Å². The summed E-state index contributed by atoms with van der Waals surface area (Å²) in [4.78, 5) is 4.55. The third kappa shape index (κ3) is 10.8. The number of benzene rings is 1. The number of nitrogens with zero attached hydrogens (tertiary/aromatic N) is 1. The van der Waals surface area contributed by atoms with Crippen LogP contribution < -0.4 is 15.4 Å². The molecule has 2 N–H and O–H groups in total. The van der Waals surface area contributed by atoms with Crippen molar-refractivity contribution in [2.45, 2.75) is 39.4 Å². The van der Waals surface area contributed by atoms with Crippen LogP contribution in [0.15, 0.2) is 29.3 Å². The molecule has 0 atom stereocenters. The Labute approximate surface area is 175 Å². The van der Waals surface area contributed by atoms with Gasteiger partial charge in [0.05, 0.1) is 25.9 Å². The van der Waals surface area contributed by atoms with Crippen LogP contribution in [-0.4, -0.2) is 52.0 Å². The third-order valence-electron chi connectivity index (χ3n) is 3.70. The molecule has 0 heterocycles. The van der Waals surface area contributed by atoms with Gasteiger partial charge in [0.25, 0.3) is 0 Å². The maximum atomic E-state index is 5.71. The molecule has 0 amide bonds. The fourth-order valence-electron chi connectivity index (χ4n) is 1.97. The summed E-state index contributed by atoms with van der Waals surface area (Å²) in [5, 5.41) is 6.56. The van der Waals surface area contributed by atoms with Crippen LogP contribution in [0.5, 0.6) is 5.75 Å². The standard InChI is InChI=1S/C19H33N3O3.HI/c1-6-20-18(22-15-19(2,3)24-5)21-12-7-13-25-14-16-8-10-17(23-4)11-9-16;/h8-11H,6-7,12-15H2,1-5H3,(H2,20,21,22);1H. The van der Waals surface area contributed by atoms with Gasteiger partial charge in [0.1, 0.15) is 5.75 Å². The summed E-state index contributed by atoms with van der Waals surface area (Å²) >= 11 is 0. The molecule has 0 radical (unpaired) electrons. The number of methoxy groups -OCH3 is 2. The summed E-state index contributed by atoms with van der Waals surface area (Å²) in [6, 6.07) is 7.93. The number of guanidine groups is 1. The Morgan fingerprint density at radius 1 is 1.12 bits per heavy atom. The second-order valence-electron chi connectivity index (χ2n) is 6.34. The molecular weight excluding hydrogens is 445 g/mol. The van der Waals surface area contributed by atoms with Gasteiger partial charge in [-0.15, -0.1) is 24.0 Å². The molecule has 1 aromatic rings. The quantitative estimate of drug-likeness (QED) is 0.221. The largest absolute Gasteiger partial charge is 0.497 e. The highest BCUT2D eigenvalue weighted by molar-refractivity contribution is 14.0. The lowest BCUT2D eigenvalue weighted by atomic mass is 10.1. The zero-order valence-electron chi connectivity index (χ0n) is 16.6. The van der Waals surface area contributed by atoms with Crippen molar-refractivity contribution < 1.29 is 14.2 Å². The van der Waals surface area contributed by atoms with E-state index < -0.39 is 0 Å². The molecule has 0 spiro atoms. The highest BCUT2D eigenvalue weighted by Crippen LogP contribution is 2.11. The fraction of sp³-hybridized carbons (Fsp3) is 0.632. The van der Waals surface area contributed by atoms with Crippen molar-refractivity contribution in [1.82, 2.24) is 10.6 Å². The monoisotopic (exact) mass is 479 g/mol. The summed E-state index contributed by atoms with van der Waals surface area (Å²) < 4.78 is 16.2. The number of aliphatic imine (C=N–C) groups is 1. The first-order valence-corrected chi connectivity index (χ1v) is 8.78. The number of hydrogen-bond donors (Lipinski definition) is 2. The lowest BCUT2D eigenvalue weighted by Crippen LogP contribution is -2.39. The van der Waals surface area contributed by atoms with Crippen LogP contribution in [0.3, 0.4) is 0 Å². The molecular formula is C19H34IN3O3. The van der Waals surface area contributed by atoms with Crippen molar-refractivity contribution in [2.75, 3.05) is 40.5 Å². The zero-order chi connectivity index (χ0) is 18.5. The summed E-state index contributed by atoms with van der Waals surface area (Å²) in [5.41, 5.74) is 0.884. The smallest absolute Gasteiger partial charge is 0.191 e. The van der Waals surface area contributed by atoms with E-state index in [2.05, 4.69) is 22.5 Å². The lowest BCUT2D eigenvalue weighted by molar-refractivity contribution is 0.0310. The minimum Gasteiger partial charge on any atom is -0.497 e. The predicted octanol–water partition coefficient (Wildman–Crippen LogP) is 3.20. The molecule has 0 unspecified atom stereocenters. The van der Waals surface area contributed by atoms with Gasteiger partial charge in [-0.25, -0.2) is 0 Å². The minimum absolute atomic E-state index is 0. The van der Waals surface area contributed by atoms with Crippen LogP contribution in [0.25, 0.3) is 0 Å². The van der Waals surface area contributed by atoms with Gasteiger partial charge in [-0.3, -0.25) is 4.99 Å². The van der Waals surface area contributed by atoms with Crippen LogP contribution in [-0.2, 0) is 16.1 Å². The summed E-state index contributed by atoms with van der Waals surface area (Å²) in [5.74, 6) is 1.67. The number of hydrogen-bond acceptors (Lipinski definition) is 4. The molecule has 1 rings (SSSR count). The SMILES string of the molecule is CCNC(=NCC(C)(C)OC)NCCCOCc1ccc(OC)cc1.I. The number of nitrogens with one attached hydrogen (secondary N) is 2. The van der Waals surface area contributed by atoms with Crippen molar-refractivity contribution in [2.24, 2.45) is 4.99 Å². The van der Waals surface area contributed by atoms with Gasteiger partial charge in [0.2, 0.25) is 0 Å². The molecule has 26 heavy (non-hydrogen) atoms. The van der Waals surface area contributed by atoms with E-state index in [1.165, 1.54) is 0 Å². The molecule has 0 bridgehead atoms. The van der Waals surface area contributed by atoms with Gasteiger partial charge in [-0.2, -0.15) is 0 Å². The topological polar surface area (TPSA) is 64.1 Å². The van der Waals surface area contributed by atoms with Crippen molar-refractivity contribution in [3.05, 3.63) is 29.8 Å². The van der Waals surface area contributed by atoms with E-state index in [0.29, 0.717) is 19.8 Å². The molecule has 0 fully saturated rings. The van der Waals surface area contributed by atoms with E-state index >= 15 is 0 Å². The Hall–Kier alpha value is -1.06. The Bertz CT molecular complexity index is 507. The van der Waals surface area contributed by atoms with E-state index in [1.54, 1.807) is 14.2 Å². The molecule has 0 saturated carbocycles. The van der Waals surface area contributed by atoms with E-state index in [4.69, 9.17) is 14.2 Å². The molecule has 0 saturated heterocycles. The third-order valence-corrected chi connectivity index (χ3v) is 3.70. The molecule has 0 aromatic heterocycles. The first kappa shape index (κ1) is 24.9. The normalized spacial score (nSPS) is 11.7. The highest BCUT2D eigenvalue weighted by Gasteiger charge is 2.15. The first-order valence-electron chi connectivity index (χ1n) is 8.78. The van der Waals surface area contributed by atoms with Crippen LogP contribution in [0, 0.1) is 0 Å². The molecule has 0 aliphatic heterocycles. The van der Waals surface area contributed by atoms with E-state index in [9.17, 15) is 0 Å². The maximum absolute atomic E-state index is 5.71. The zero-order valence-corrected chi connectivity index (χ0v) is 19.0. The van der Waals surface area contributed by atoms with Gasteiger partial charge >= 0.3 is 0 Å². The Balaban J connectivity index is 0.00000625. The van der Waals surface area contributed by atoms with Gasteiger partial charge in [0.15, 0.2) is 5.96 Å². The molecule has 0 aliphatic rings. The molecule has 0 aliphatic carbocycles. The molecule has 150 valence electrons. The van der Waals surface area contributed by atoms with Gasteiger partial charge in [0, 0.05) is 26.8 Å². The van der Waals surface area contributed by atoms with Crippen molar-refractivity contribution >= 4 is 29.9 Å². The number of rotatable bonds is 11. The highest BCUT2D eigenvalue weighted by atomic mass is 127. The minimum atomic E-state index is -0.260. The number of ether oxygens (including phenoxy) is 3. The van der Waals surface area contributed by atoms with Crippen LogP contribution in [0.2, 0.25) is 0 Å². The summed E-state index contributed by atoms with van der Waals surface area (Å²) in [6.45, 7) is 9.64. The van der Waals surface area contributed by atoms with E-state index in [1.807, 2.05) is 38.1 Å². The fourth-order valence-corrected chi connectivity index (χ4v) is 1.97. The Kier molecular flexibility index (Phi) is 13.5. The Morgan fingerprint density at radius 3 is 2.38 bits per heavy atom. The van der Waals surface area contributed by atoms with Crippen LogP contribution in [0.1, 0.15) is 32.8 Å². The molecule has 6 nitrogen and oxygen atoms in total. The van der Waals surface area contributed by atoms with Crippen molar-refractivity contribution in [1.29, 1.82) is 0 Å². The van der Waals surface area contributed by atoms with Crippen LogP contribution in [0.4, 0.5) is 0 Å². The lowest BCUT2D eigenvalue weighted by Gasteiger charge is -2.21. The predicted molar refractivity (Wildman–Crippen MR) is 118 cm³/mol. The molecule has 1 aromatic carbocycles. The van der Waals surface area contributed by atoms with Gasteiger partial charge in [-0.1, -0.05) is 12.1 Å². The maximum Gasteiger partial charge on any atom is 0.191 e. The van der Waals surface area contributed by atoms with Crippen molar-refractivity contribution in [3.63, 3.8) is 0 Å². The number of halogens is 1. The average molecular weight is 479 g/mol. The second kappa shape index (κ2) is 14.1. The summed E-state index contributed by atoms with van der Waals surface area (Å²) in [7, 11) is 3.37. The second-order valence-corrected chi connectivity index (χ2v) is 6.34. The van der Waals surface area contributed by atoms with E-state index in [0.717, 1.165) is 36.8 Å². The van der Waals surface area contributed by atoms with Gasteiger partial charge < -0.3 is 24.8 Å².